The Labute approximate surface area is 136 Å². The van der Waals surface area contributed by atoms with Gasteiger partial charge in [-0.1, -0.05) is 6.07 Å². The highest BCUT2D eigenvalue weighted by molar-refractivity contribution is 5.89. The second-order valence-corrected chi connectivity index (χ2v) is 7.00. The lowest BCUT2D eigenvalue weighted by molar-refractivity contribution is -0.138. The zero-order valence-corrected chi connectivity index (χ0v) is 12.5. The van der Waals surface area contributed by atoms with Gasteiger partial charge in [-0.05, 0) is 50.4 Å². The number of Topliss-reactive ketones (excluding diaryl/α,β-unsaturated/α-hetero) is 1. The Morgan fingerprint density at radius 3 is 3.32 bits per heavy atom. The Bertz CT molecular complexity index is 825. The zero-order valence-electron chi connectivity index (χ0n) is 16.5. The number of ether oxygens (including phenoxy) is 2. The average molecular weight is 303 g/mol. The molecule has 4 nitrogen and oxygen atoms in total. The third-order valence-corrected chi connectivity index (χ3v) is 6.26. The summed E-state index contributed by atoms with van der Waals surface area (Å²) in [5.74, 6) is 0.370. The van der Waals surface area contributed by atoms with Gasteiger partial charge < -0.3 is 14.4 Å². The minimum absolute atomic E-state index is 0.114. The summed E-state index contributed by atoms with van der Waals surface area (Å²) in [5.41, 5.74) is 1.21. The molecule has 2 fully saturated rings. The molecule has 0 aromatic heterocycles. The van der Waals surface area contributed by atoms with Crippen molar-refractivity contribution in [2.45, 2.75) is 43.2 Å². The molecule has 2 aliphatic carbocycles. The number of carbonyl (C=O) groups is 1. The molecule has 4 aliphatic rings. The molecule has 22 heavy (non-hydrogen) atoms. The number of rotatable bonds is 1. The molecule has 1 aromatic carbocycles. The Kier molecular flexibility index (Phi) is 1.76. The summed E-state index contributed by atoms with van der Waals surface area (Å²) in [7, 11) is -0.504. The molecule has 1 saturated carbocycles. The van der Waals surface area contributed by atoms with Crippen molar-refractivity contribution in [2.75, 3.05) is 20.6 Å². The molecule has 4 atom stereocenters. The van der Waals surface area contributed by atoms with Gasteiger partial charge in [0.25, 0.3) is 0 Å². The van der Waals surface area contributed by atoms with Crippen molar-refractivity contribution in [2.24, 2.45) is 5.92 Å². The summed E-state index contributed by atoms with van der Waals surface area (Å²) < 4.78 is 42.5. The van der Waals surface area contributed by atoms with Crippen LogP contribution in [0.4, 0.5) is 0 Å². The normalized spacial score (nSPS) is 45.0. The van der Waals surface area contributed by atoms with Crippen LogP contribution in [0.3, 0.4) is 0 Å². The molecule has 1 spiro atoms. The quantitative estimate of drug-likeness (QED) is 0.795. The smallest absolute Gasteiger partial charge is 0.174 e. The first kappa shape index (κ1) is 9.56. The Balaban J connectivity index is 1.78. The fourth-order valence-corrected chi connectivity index (χ4v) is 5.35. The summed E-state index contributed by atoms with van der Waals surface area (Å²) in [6.07, 6.45) is 0.894. The summed E-state index contributed by atoms with van der Waals surface area (Å²) in [6, 6.07) is 3.77. The van der Waals surface area contributed by atoms with Crippen LogP contribution in [0.5, 0.6) is 11.5 Å². The van der Waals surface area contributed by atoms with E-state index in [4.69, 9.17) is 15.0 Å². The van der Waals surface area contributed by atoms with E-state index in [1.807, 2.05) is 6.07 Å². The van der Waals surface area contributed by atoms with E-state index in [1.54, 1.807) is 6.07 Å². The number of benzene rings is 1. The number of hydrogen-bond acceptors (Lipinski definition) is 4. The van der Waals surface area contributed by atoms with E-state index in [2.05, 4.69) is 11.9 Å². The topological polar surface area (TPSA) is 38.8 Å². The molecule has 0 amide bonds. The largest absolute Gasteiger partial charge is 0.493 e. The Morgan fingerprint density at radius 1 is 1.55 bits per heavy atom. The van der Waals surface area contributed by atoms with Gasteiger partial charge in [0.1, 0.15) is 0 Å². The Morgan fingerprint density at radius 2 is 2.45 bits per heavy atom. The number of piperidine rings is 1. The number of carbonyl (C=O) groups excluding carboxylic acids is 1. The molecule has 1 unspecified atom stereocenters. The molecule has 2 heterocycles. The highest BCUT2D eigenvalue weighted by Crippen LogP contribution is 2.62. The van der Waals surface area contributed by atoms with Gasteiger partial charge in [-0.15, -0.1) is 0 Å². The number of likely N-dealkylation sites (N-methyl/N-ethyl adjacent to an activating group) is 1. The molecular formula is C18H21NO3. The highest BCUT2D eigenvalue weighted by Gasteiger charge is 2.65. The van der Waals surface area contributed by atoms with Crippen LogP contribution in [0.1, 0.15) is 35.9 Å². The molecular weight excluding hydrogens is 278 g/mol. The maximum Gasteiger partial charge on any atom is 0.174 e. The van der Waals surface area contributed by atoms with Crippen LogP contribution in [-0.4, -0.2) is 43.4 Å². The molecule has 1 saturated heterocycles. The number of likely N-dealkylation sites (tertiary alicyclic amines) is 1. The highest BCUT2D eigenvalue weighted by atomic mass is 16.5. The second-order valence-electron chi connectivity index (χ2n) is 7.00. The third kappa shape index (κ3) is 1.27. The summed E-state index contributed by atoms with van der Waals surface area (Å²) in [4.78, 5) is 15.2. The van der Waals surface area contributed by atoms with Crippen LogP contribution in [0.2, 0.25) is 0 Å². The summed E-state index contributed by atoms with van der Waals surface area (Å²) in [5, 5.41) is 0. The fraction of sp³-hybridized carbons (Fsp3) is 0.611. The van der Waals surface area contributed by atoms with Crippen LogP contribution in [0, 0.1) is 5.92 Å². The van der Waals surface area contributed by atoms with Crippen molar-refractivity contribution in [3.8, 4) is 11.5 Å². The molecule has 116 valence electrons. The maximum absolute atomic E-state index is 12.8. The van der Waals surface area contributed by atoms with Crippen molar-refractivity contribution in [1.82, 2.24) is 4.90 Å². The number of ketones is 1. The Hall–Kier alpha value is -1.55. The van der Waals surface area contributed by atoms with E-state index in [-0.39, 0.29) is 23.5 Å². The van der Waals surface area contributed by atoms with E-state index >= 15 is 0 Å². The van der Waals surface area contributed by atoms with Crippen molar-refractivity contribution >= 4 is 5.78 Å². The predicted octanol–water partition coefficient (Wildman–Crippen LogP) is 1.93. The fourth-order valence-electron chi connectivity index (χ4n) is 5.35. The van der Waals surface area contributed by atoms with E-state index in [0.717, 1.165) is 30.5 Å². The van der Waals surface area contributed by atoms with Crippen LogP contribution in [0.15, 0.2) is 12.1 Å². The maximum atomic E-state index is 12.8. The van der Waals surface area contributed by atoms with Gasteiger partial charge in [0.15, 0.2) is 23.4 Å². The van der Waals surface area contributed by atoms with Gasteiger partial charge in [0.05, 0.1) is 12.5 Å². The molecule has 2 aliphatic heterocycles. The first-order chi connectivity index (χ1) is 12.2. The van der Waals surface area contributed by atoms with Gasteiger partial charge in [0.2, 0.25) is 0 Å². The van der Waals surface area contributed by atoms with Crippen LogP contribution < -0.4 is 9.47 Å². The van der Waals surface area contributed by atoms with Crippen molar-refractivity contribution in [1.29, 1.82) is 0 Å². The molecule has 4 heteroatoms. The summed E-state index contributed by atoms with van der Waals surface area (Å²) >= 11 is 0. The van der Waals surface area contributed by atoms with Gasteiger partial charge in [-0.3, -0.25) is 4.79 Å². The standard InChI is InChI=1S/C18H21NO3/c1-19-8-7-18-11-4-5-13(20)17(18)22-16-14(21-2)6-3-10(15(16)18)9-12(11)19/h3,6,11-12,17H,4-5,7-9H2,1-2H3/t11-,12+,17?,18-/m0/s1/i2D3,17D. The van der Waals surface area contributed by atoms with Gasteiger partial charge >= 0.3 is 0 Å². The van der Waals surface area contributed by atoms with E-state index in [1.165, 1.54) is 0 Å². The molecule has 1 aromatic rings. The number of methoxy groups -OCH3 is 1. The molecule has 2 bridgehead atoms. The molecule has 0 N–H and O–H groups in total. The lowest BCUT2D eigenvalue weighted by Gasteiger charge is -2.57. The minimum Gasteiger partial charge on any atom is -0.493 e. The van der Waals surface area contributed by atoms with Crippen LogP contribution >= 0.6 is 0 Å². The zero-order chi connectivity index (χ0) is 18.5. The van der Waals surface area contributed by atoms with Crippen LogP contribution in [-0.2, 0) is 16.6 Å². The lowest BCUT2D eigenvalue weighted by atomic mass is 9.52. The third-order valence-electron chi connectivity index (χ3n) is 6.26. The molecule has 5 rings (SSSR count). The van der Waals surface area contributed by atoms with E-state index in [0.29, 0.717) is 18.6 Å². The van der Waals surface area contributed by atoms with Crippen LogP contribution in [0.25, 0.3) is 0 Å². The lowest BCUT2D eigenvalue weighted by Crippen LogP contribution is -2.65. The first-order valence-corrected chi connectivity index (χ1v) is 7.95. The molecule has 0 radical (unpaired) electrons. The monoisotopic (exact) mass is 303 g/mol. The van der Waals surface area contributed by atoms with Crippen molar-refractivity contribution < 1.29 is 19.8 Å². The van der Waals surface area contributed by atoms with Crippen molar-refractivity contribution in [3.05, 3.63) is 23.3 Å². The average Bonchev–Trinajstić information content (AvgIpc) is 2.83. The van der Waals surface area contributed by atoms with E-state index in [9.17, 15) is 4.79 Å². The number of hydrogen-bond donors (Lipinski definition) is 0. The number of nitrogens with zero attached hydrogens (tertiary/aromatic N) is 1. The SMILES string of the molecule is [2H]C([2H])([2H])Oc1ccc2c3c1OC1([2H])C(=O)CC[C@H]4[C@@H](C2)N(C)CC[C@@]341. The van der Waals surface area contributed by atoms with E-state index < -0.39 is 18.5 Å². The van der Waals surface area contributed by atoms with Gasteiger partial charge in [0, 0.05) is 23.4 Å². The summed E-state index contributed by atoms with van der Waals surface area (Å²) in [6.45, 7) is 0.793. The second kappa shape index (κ2) is 4.05. The van der Waals surface area contributed by atoms with Crippen molar-refractivity contribution in [3.63, 3.8) is 0 Å². The first-order valence-electron chi connectivity index (χ1n) is 9.95. The van der Waals surface area contributed by atoms with Gasteiger partial charge in [-0.25, -0.2) is 0 Å². The minimum atomic E-state index is -2.61. The predicted molar refractivity (Wildman–Crippen MR) is 81.6 cm³/mol. The van der Waals surface area contributed by atoms with Gasteiger partial charge in [-0.2, -0.15) is 0 Å².